The summed E-state index contributed by atoms with van der Waals surface area (Å²) >= 11 is 0. The van der Waals surface area contributed by atoms with Gasteiger partial charge in [0, 0.05) is 42.8 Å². The van der Waals surface area contributed by atoms with Crippen LogP contribution in [0.15, 0.2) is 12.3 Å². The molecule has 0 amide bonds. The van der Waals surface area contributed by atoms with Gasteiger partial charge in [-0.05, 0) is 37.3 Å². The molecule has 1 fully saturated rings. The molecule has 2 atom stereocenters. The van der Waals surface area contributed by atoms with Gasteiger partial charge in [-0.3, -0.25) is 4.98 Å². The van der Waals surface area contributed by atoms with Gasteiger partial charge in [-0.2, -0.15) is 0 Å². The van der Waals surface area contributed by atoms with E-state index in [1.165, 1.54) is 24.3 Å². The maximum absolute atomic E-state index is 4.48. The minimum Gasteiger partial charge on any atom is -0.371 e. The van der Waals surface area contributed by atoms with Crippen LogP contribution in [0.2, 0.25) is 0 Å². The second-order valence-electron chi connectivity index (χ2n) is 6.84. The zero-order valence-electron chi connectivity index (χ0n) is 13.6. The van der Waals surface area contributed by atoms with Crippen LogP contribution in [0.4, 0.5) is 5.69 Å². The lowest BCUT2D eigenvalue weighted by molar-refractivity contribution is 0.494. The Morgan fingerprint density at radius 2 is 1.95 bits per heavy atom. The zero-order chi connectivity index (χ0) is 14.7. The number of anilines is 1. The first-order chi connectivity index (χ1) is 9.47. The largest absolute Gasteiger partial charge is 0.371 e. The zero-order valence-corrected chi connectivity index (χ0v) is 13.6. The molecule has 112 valence electrons. The van der Waals surface area contributed by atoms with Gasteiger partial charge < -0.3 is 10.2 Å². The van der Waals surface area contributed by atoms with Crippen molar-refractivity contribution in [1.82, 2.24) is 10.3 Å². The molecule has 2 heterocycles. The summed E-state index contributed by atoms with van der Waals surface area (Å²) in [5.74, 6) is 2.24. The number of aryl methyl sites for hydroxylation is 1. The fraction of sp³-hybridized carbons (Fsp3) is 0.706. The number of pyridine rings is 1. The standard InChI is InChI=1S/C17H29N3/c1-12(2)7-18-8-16-9-19-15(5)6-17(16)20-10-13(3)14(4)11-20/h6,9,12-14,18H,7-8,10-11H2,1-5H3. The maximum Gasteiger partial charge on any atom is 0.0445 e. The first-order valence-electron chi connectivity index (χ1n) is 7.88. The van der Waals surface area contributed by atoms with Gasteiger partial charge in [-0.1, -0.05) is 27.7 Å². The summed E-state index contributed by atoms with van der Waals surface area (Å²) < 4.78 is 0. The molecule has 20 heavy (non-hydrogen) atoms. The second-order valence-corrected chi connectivity index (χ2v) is 6.84. The van der Waals surface area contributed by atoms with Crippen molar-refractivity contribution in [2.24, 2.45) is 17.8 Å². The SMILES string of the molecule is Cc1cc(N2CC(C)C(C)C2)c(CNCC(C)C)cn1. The van der Waals surface area contributed by atoms with Crippen molar-refractivity contribution < 1.29 is 0 Å². The van der Waals surface area contributed by atoms with E-state index < -0.39 is 0 Å². The Morgan fingerprint density at radius 3 is 2.55 bits per heavy atom. The summed E-state index contributed by atoms with van der Waals surface area (Å²) in [5.41, 5.74) is 3.82. The smallest absolute Gasteiger partial charge is 0.0445 e. The van der Waals surface area contributed by atoms with Gasteiger partial charge in [-0.25, -0.2) is 0 Å². The fourth-order valence-electron chi connectivity index (χ4n) is 2.83. The highest BCUT2D eigenvalue weighted by Crippen LogP contribution is 2.30. The Hall–Kier alpha value is -1.09. The normalized spacial score (nSPS) is 22.8. The van der Waals surface area contributed by atoms with E-state index in [1.54, 1.807) is 0 Å². The quantitative estimate of drug-likeness (QED) is 0.894. The number of aromatic nitrogens is 1. The molecule has 0 radical (unpaired) electrons. The van der Waals surface area contributed by atoms with Crippen LogP contribution in [-0.2, 0) is 6.54 Å². The first-order valence-corrected chi connectivity index (χ1v) is 7.88. The predicted molar refractivity (Wildman–Crippen MR) is 86.1 cm³/mol. The van der Waals surface area contributed by atoms with Crippen LogP contribution < -0.4 is 10.2 Å². The Balaban J connectivity index is 2.12. The third-order valence-corrected chi connectivity index (χ3v) is 4.30. The lowest BCUT2D eigenvalue weighted by Crippen LogP contribution is -2.24. The Kier molecular flexibility index (Phi) is 5.03. The van der Waals surface area contributed by atoms with E-state index in [1.807, 2.05) is 6.20 Å². The van der Waals surface area contributed by atoms with Crippen LogP contribution in [0.1, 0.15) is 39.0 Å². The van der Waals surface area contributed by atoms with E-state index in [-0.39, 0.29) is 0 Å². The third kappa shape index (κ3) is 3.72. The topological polar surface area (TPSA) is 28.2 Å². The van der Waals surface area contributed by atoms with Gasteiger partial charge in [0.15, 0.2) is 0 Å². The predicted octanol–water partition coefficient (Wildman–Crippen LogP) is 3.23. The van der Waals surface area contributed by atoms with E-state index in [0.29, 0.717) is 5.92 Å². The lowest BCUT2D eigenvalue weighted by Gasteiger charge is -2.23. The van der Waals surface area contributed by atoms with Crippen molar-refractivity contribution in [1.29, 1.82) is 0 Å². The van der Waals surface area contributed by atoms with Gasteiger partial charge in [0.1, 0.15) is 0 Å². The maximum atomic E-state index is 4.48. The average molecular weight is 275 g/mol. The van der Waals surface area contributed by atoms with Crippen molar-refractivity contribution in [3.63, 3.8) is 0 Å². The Morgan fingerprint density at radius 1 is 1.30 bits per heavy atom. The molecule has 0 aliphatic carbocycles. The molecule has 1 aromatic rings. The van der Waals surface area contributed by atoms with Crippen LogP contribution in [-0.4, -0.2) is 24.6 Å². The highest BCUT2D eigenvalue weighted by Gasteiger charge is 2.27. The Labute approximate surface area is 123 Å². The number of hydrogen-bond acceptors (Lipinski definition) is 3. The molecule has 2 rings (SSSR count). The van der Waals surface area contributed by atoms with Crippen molar-refractivity contribution in [3.8, 4) is 0 Å². The summed E-state index contributed by atoms with van der Waals surface area (Å²) in [5, 5.41) is 3.54. The number of nitrogens with zero attached hydrogens (tertiary/aromatic N) is 2. The van der Waals surface area contributed by atoms with Crippen LogP contribution >= 0.6 is 0 Å². The average Bonchev–Trinajstić information content (AvgIpc) is 2.71. The molecule has 1 N–H and O–H groups in total. The third-order valence-electron chi connectivity index (χ3n) is 4.30. The molecule has 2 unspecified atom stereocenters. The molecule has 3 nitrogen and oxygen atoms in total. The molecule has 1 aliphatic heterocycles. The molecule has 0 spiro atoms. The summed E-state index contributed by atoms with van der Waals surface area (Å²) in [6.07, 6.45) is 2.05. The number of rotatable bonds is 5. The molecule has 1 aromatic heterocycles. The van der Waals surface area contributed by atoms with Crippen molar-refractivity contribution >= 4 is 5.69 Å². The van der Waals surface area contributed by atoms with Gasteiger partial charge in [0.25, 0.3) is 0 Å². The molecular formula is C17H29N3. The summed E-state index contributed by atoms with van der Waals surface area (Å²) in [4.78, 5) is 7.02. The van der Waals surface area contributed by atoms with Crippen LogP contribution in [0.25, 0.3) is 0 Å². The number of hydrogen-bond donors (Lipinski definition) is 1. The molecule has 0 bridgehead atoms. The summed E-state index contributed by atoms with van der Waals surface area (Å²) in [6.45, 7) is 15.6. The monoisotopic (exact) mass is 275 g/mol. The van der Waals surface area contributed by atoms with E-state index in [2.05, 4.69) is 55.9 Å². The summed E-state index contributed by atoms with van der Waals surface area (Å²) in [6, 6.07) is 2.25. The van der Waals surface area contributed by atoms with E-state index in [0.717, 1.165) is 30.6 Å². The Bertz CT molecular complexity index is 432. The van der Waals surface area contributed by atoms with Crippen LogP contribution in [0.5, 0.6) is 0 Å². The minimum atomic E-state index is 0.684. The van der Waals surface area contributed by atoms with E-state index in [4.69, 9.17) is 0 Å². The number of nitrogens with one attached hydrogen (secondary N) is 1. The first kappa shape index (κ1) is 15.3. The van der Waals surface area contributed by atoms with Crippen molar-refractivity contribution in [2.45, 2.75) is 41.2 Å². The van der Waals surface area contributed by atoms with Crippen molar-refractivity contribution in [3.05, 3.63) is 23.5 Å². The van der Waals surface area contributed by atoms with E-state index in [9.17, 15) is 0 Å². The lowest BCUT2D eigenvalue weighted by atomic mass is 10.0. The molecular weight excluding hydrogens is 246 g/mol. The second kappa shape index (κ2) is 6.57. The van der Waals surface area contributed by atoms with Crippen LogP contribution in [0.3, 0.4) is 0 Å². The summed E-state index contributed by atoms with van der Waals surface area (Å²) in [7, 11) is 0. The highest BCUT2D eigenvalue weighted by molar-refractivity contribution is 5.54. The molecule has 1 aliphatic rings. The molecule has 0 aromatic carbocycles. The molecule has 1 saturated heterocycles. The highest BCUT2D eigenvalue weighted by atomic mass is 15.2. The van der Waals surface area contributed by atoms with Gasteiger partial charge in [-0.15, -0.1) is 0 Å². The minimum absolute atomic E-state index is 0.684. The van der Waals surface area contributed by atoms with Crippen LogP contribution in [0, 0.1) is 24.7 Å². The van der Waals surface area contributed by atoms with Gasteiger partial charge in [0.05, 0.1) is 0 Å². The van der Waals surface area contributed by atoms with E-state index >= 15 is 0 Å². The van der Waals surface area contributed by atoms with Gasteiger partial charge in [0.2, 0.25) is 0 Å². The van der Waals surface area contributed by atoms with Gasteiger partial charge >= 0.3 is 0 Å². The molecule has 3 heteroatoms. The van der Waals surface area contributed by atoms with Crippen molar-refractivity contribution in [2.75, 3.05) is 24.5 Å². The fourth-order valence-corrected chi connectivity index (χ4v) is 2.83. The molecule has 0 saturated carbocycles.